The molecular formula is C12H16Cl2NO2P. The lowest BCUT2D eigenvalue weighted by Crippen LogP contribution is -2.09. The Bertz CT molecular complexity index is 394. The van der Waals surface area contributed by atoms with Gasteiger partial charge in [0, 0.05) is 5.56 Å². The molecule has 1 unspecified atom stereocenters. The molecule has 0 spiro atoms. The zero-order valence-corrected chi connectivity index (χ0v) is 13.0. The molecule has 0 fully saturated rings. The molecule has 0 saturated carbocycles. The van der Waals surface area contributed by atoms with Gasteiger partial charge >= 0.3 is 8.53 Å². The third kappa shape index (κ3) is 4.75. The van der Waals surface area contributed by atoms with Crippen molar-refractivity contribution in [3.63, 3.8) is 0 Å². The first-order chi connectivity index (χ1) is 8.56. The van der Waals surface area contributed by atoms with Crippen molar-refractivity contribution >= 4 is 37.5 Å². The summed E-state index contributed by atoms with van der Waals surface area (Å²) in [5.41, 5.74) is 0.826. The van der Waals surface area contributed by atoms with Crippen LogP contribution in [-0.2, 0) is 9.05 Å². The van der Waals surface area contributed by atoms with Gasteiger partial charge in [-0.25, -0.2) is 4.67 Å². The predicted octanol–water partition coefficient (Wildman–Crippen LogP) is 4.63. The molecule has 1 aromatic carbocycles. The molecule has 1 aromatic rings. The number of nitrogens with zero attached hydrogens (tertiary/aromatic N) is 1. The first-order valence-corrected chi connectivity index (χ1v) is 7.33. The first kappa shape index (κ1) is 15.7. The molecule has 0 radical (unpaired) electrons. The molecule has 3 nitrogen and oxygen atoms in total. The molecule has 18 heavy (non-hydrogen) atoms. The molecule has 1 atom stereocenters. The maximum atomic E-state index is 5.88. The van der Waals surface area contributed by atoms with Gasteiger partial charge in [0.2, 0.25) is 0 Å². The van der Waals surface area contributed by atoms with E-state index in [0.717, 1.165) is 5.56 Å². The van der Waals surface area contributed by atoms with Crippen molar-refractivity contribution in [2.75, 3.05) is 20.7 Å². The monoisotopic (exact) mass is 307 g/mol. The summed E-state index contributed by atoms with van der Waals surface area (Å²) in [6.45, 7) is 2.47. The van der Waals surface area contributed by atoms with E-state index in [9.17, 15) is 0 Å². The largest absolute Gasteiger partial charge is 0.433 e. The van der Waals surface area contributed by atoms with Crippen LogP contribution in [0.2, 0.25) is 0 Å². The summed E-state index contributed by atoms with van der Waals surface area (Å²) in [6, 6.07) is 9.48. The van der Waals surface area contributed by atoms with E-state index >= 15 is 0 Å². The summed E-state index contributed by atoms with van der Waals surface area (Å²) in [7, 11) is 2.55. The SMILES string of the molecule is CCOP(OC(=C(Cl)Cl)c1ccccc1)N(C)C. The van der Waals surface area contributed by atoms with Crippen LogP contribution in [0.15, 0.2) is 34.8 Å². The highest BCUT2D eigenvalue weighted by molar-refractivity contribution is 7.44. The normalized spacial score (nSPS) is 12.3. The van der Waals surface area contributed by atoms with Gasteiger partial charge in [-0.15, -0.1) is 0 Å². The summed E-state index contributed by atoms with van der Waals surface area (Å²) in [4.78, 5) is 0. The molecular weight excluding hydrogens is 292 g/mol. The van der Waals surface area contributed by atoms with Crippen LogP contribution in [0.3, 0.4) is 0 Å². The third-order valence-electron chi connectivity index (χ3n) is 1.94. The topological polar surface area (TPSA) is 21.7 Å². The minimum atomic E-state index is -1.21. The first-order valence-electron chi connectivity index (χ1n) is 5.45. The average Bonchev–Trinajstić information content (AvgIpc) is 2.34. The van der Waals surface area contributed by atoms with E-state index in [2.05, 4.69) is 0 Å². The Hall–Kier alpha value is -0.310. The molecule has 0 bridgehead atoms. The quantitative estimate of drug-likeness (QED) is 0.565. The molecule has 0 aliphatic heterocycles. The van der Waals surface area contributed by atoms with Crippen LogP contribution in [0.4, 0.5) is 0 Å². The van der Waals surface area contributed by atoms with Gasteiger partial charge < -0.3 is 9.05 Å². The Balaban J connectivity index is 2.92. The van der Waals surface area contributed by atoms with E-state index in [0.29, 0.717) is 12.4 Å². The van der Waals surface area contributed by atoms with E-state index < -0.39 is 8.53 Å². The Labute approximate surface area is 119 Å². The van der Waals surface area contributed by atoms with Crippen LogP contribution >= 0.6 is 31.7 Å². The Morgan fingerprint density at radius 1 is 1.22 bits per heavy atom. The van der Waals surface area contributed by atoms with Gasteiger partial charge in [0.25, 0.3) is 0 Å². The van der Waals surface area contributed by atoms with Gasteiger partial charge in [0.1, 0.15) is 4.49 Å². The molecule has 0 saturated heterocycles. The highest BCUT2D eigenvalue weighted by Gasteiger charge is 2.19. The fourth-order valence-electron chi connectivity index (χ4n) is 1.20. The predicted molar refractivity (Wildman–Crippen MR) is 78.4 cm³/mol. The van der Waals surface area contributed by atoms with Crippen molar-refractivity contribution in [1.29, 1.82) is 0 Å². The van der Waals surface area contributed by atoms with Crippen LogP contribution in [0.25, 0.3) is 5.76 Å². The van der Waals surface area contributed by atoms with Crippen LogP contribution in [0.1, 0.15) is 12.5 Å². The number of benzene rings is 1. The number of hydrogen-bond donors (Lipinski definition) is 0. The van der Waals surface area contributed by atoms with Crippen molar-refractivity contribution in [1.82, 2.24) is 4.67 Å². The molecule has 1 rings (SSSR count). The Morgan fingerprint density at radius 3 is 2.28 bits per heavy atom. The maximum Gasteiger partial charge on any atom is 0.320 e. The smallest absolute Gasteiger partial charge is 0.320 e. The van der Waals surface area contributed by atoms with Gasteiger partial charge in [-0.05, 0) is 21.0 Å². The number of hydrogen-bond acceptors (Lipinski definition) is 3. The van der Waals surface area contributed by atoms with Crippen LogP contribution in [-0.4, -0.2) is 25.4 Å². The zero-order valence-electron chi connectivity index (χ0n) is 10.6. The van der Waals surface area contributed by atoms with Gasteiger partial charge in [-0.3, -0.25) is 0 Å². The van der Waals surface area contributed by atoms with Crippen LogP contribution < -0.4 is 0 Å². The molecule has 6 heteroatoms. The summed E-state index contributed by atoms with van der Waals surface area (Å²) in [6.07, 6.45) is 0. The second-order valence-corrected chi connectivity index (χ2v) is 6.22. The number of halogens is 2. The van der Waals surface area contributed by atoms with Gasteiger partial charge in [0.05, 0.1) is 6.61 Å². The Kier molecular flexibility index (Phi) is 6.98. The lowest BCUT2D eigenvalue weighted by molar-refractivity contribution is 0.288. The molecule has 0 heterocycles. The highest BCUT2D eigenvalue weighted by atomic mass is 35.5. The fourth-order valence-corrected chi connectivity index (χ4v) is 2.62. The molecule has 0 N–H and O–H groups in total. The van der Waals surface area contributed by atoms with Gasteiger partial charge in [-0.2, -0.15) is 0 Å². The van der Waals surface area contributed by atoms with E-state index in [1.54, 1.807) is 0 Å². The third-order valence-corrected chi connectivity index (χ3v) is 3.76. The van der Waals surface area contributed by atoms with E-state index in [4.69, 9.17) is 32.2 Å². The minimum absolute atomic E-state index is 0.0928. The van der Waals surface area contributed by atoms with Gasteiger partial charge in [-0.1, -0.05) is 53.5 Å². The maximum absolute atomic E-state index is 5.88. The van der Waals surface area contributed by atoms with Crippen LogP contribution in [0, 0.1) is 0 Å². The van der Waals surface area contributed by atoms with Crippen molar-refractivity contribution in [2.45, 2.75) is 6.92 Å². The highest BCUT2D eigenvalue weighted by Crippen LogP contribution is 2.46. The second-order valence-electron chi connectivity index (χ2n) is 3.55. The van der Waals surface area contributed by atoms with Crippen molar-refractivity contribution in [3.8, 4) is 0 Å². The van der Waals surface area contributed by atoms with Crippen LogP contribution in [0.5, 0.6) is 0 Å². The van der Waals surface area contributed by atoms with E-state index in [-0.39, 0.29) is 4.49 Å². The van der Waals surface area contributed by atoms with Gasteiger partial charge in [0.15, 0.2) is 5.76 Å². The molecule has 0 aromatic heterocycles. The average molecular weight is 308 g/mol. The standard InChI is InChI=1S/C12H16Cl2NO2P/c1-4-16-18(15(2)3)17-11(12(13)14)10-8-6-5-7-9-10/h5-9H,4H2,1-3H3. The summed E-state index contributed by atoms with van der Waals surface area (Å²) < 4.78 is 13.3. The van der Waals surface area contributed by atoms with E-state index in [1.807, 2.05) is 56.0 Å². The zero-order chi connectivity index (χ0) is 13.5. The Morgan fingerprint density at radius 2 is 1.83 bits per heavy atom. The summed E-state index contributed by atoms with van der Waals surface area (Å²) in [5, 5.41) is 0. The minimum Gasteiger partial charge on any atom is -0.433 e. The summed E-state index contributed by atoms with van der Waals surface area (Å²) >= 11 is 11.8. The van der Waals surface area contributed by atoms with Crippen molar-refractivity contribution in [2.24, 2.45) is 0 Å². The lowest BCUT2D eigenvalue weighted by Gasteiger charge is -2.23. The molecule has 0 aliphatic rings. The molecule has 0 aliphatic carbocycles. The number of rotatable bonds is 6. The van der Waals surface area contributed by atoms with E-state index in [1.165, 1.54) is 0 Å². The summed E-state index contributed by atoms with van der Waals surface area (Å²) in [5.74, 6) is 0.437. The molecule has 0 amide bonds. The lowest BCUT2D eigenvalue weighted by atomic mass is 10.2. The van der Waals surface area contributed by atoms with Crippen molar-refractivity contribution < 1.29 is 9.05 Å². The molecule has 100 valence electrons. The van der Waals surface area contributed by atoms with Crippen molar-refractivity contribution in [3.05, 3.63) is 40.4 Å². The fraction of sp³-hybridized carbons (Fsp3) is 0.333. The second kappa shape index (κ2) is 7.98.